The SMILES string of the molecule is CN(CC1CCOCC1)C(=NCC1CCCCC1)NCCc1ccco1.I. The summed E-state index contributed by atoms with van der Waals surface area (Å²) < 4.78 is 10.9. The van der Waals surface area contributed by atoms with Crippen LogP contribution in [0.4, 0.5) is 0 Å². The van der Waals surface area contributed by atoms with Crippen molar-refractivity contribution in [2.45, 2.75) is 51.4 Å². The summed E-state index contributed by atoms with van der Waals surface area (Å²) >= 11 is 0. The number of ether oxygens (including phenoxy) is 1. The summed E-state index contributed by atoms with van der Waals surface area (Å²) in [7, 11) is 2.18. The molecule has 1 aliphatic carbocycles. The molecule has 3 rings (SSSR count). The maximum Gasteiger partial charge on any atom is 0.193 e. The smallest absolute Gasteiger partial charge is 0.193 e. The molecule has 0 aromatic carbocycles. The Balaban J connectivity index is 0.00000261. The van der Waals surface area contributed by atoms with Gasteiger partial charge in [0.25, 0.3) is 0 Å². The van der Waals surface area contributed by atoms with E-state index >= 15 is 0 Å². The third-order valence-corrected chi connectivity index (χ3v) is 5.69. The van der Waals surface area contributed by atoms with Gasteiger partial charge in [0.1, 0.15) is 5.76 Å². The number of nitrogens with zero attached hydrogens (tertiary/aromatic N) is 2. The molecule has 0 unspecified atom stereocenters. The van der Waals surface area contributed by atoms with Crippen molar-refractivity contribution in [1.82, 2.24) is 10.2 Å². The number of halogens is 1. The lowest BCUT2D eigenvalue weighted by atomic mass is 9.89. The number of hydrogen-bond acceptors (Lipinski definition) is 3. The molecule has 1 saturated heterocycles. The van der Waals surface area contributed by atoms with Gasteiger partial charge in [-0.05, 0) is 49.7 Å². The molecule has 2 heterocycles. The van der Waals surface area contributed by atoms with Gasteiger partial charge in [-0.1, -0.05) is 19.3 Å². The highest BCUT2D eigenvalue weighted by atomic mass is 127. The highest BCUT2D eigenvalue weighted by molar-refractivity contribution is 14.0. The quantitative estimate of drug-likeness (QED) is 0.352. The van der Waals surface area contributed by atoms with Crippen LogP contribution in [-0.2, 0) is 11.2 Å². The summed E-state index contributed by atoms with van der Waals surface area (Å²) in [5.41, 5.74) is 0. The summed E-state index contributed by atoms with van der Waals surface area (Å²) in [4.78, 5) is 7.32. The lowest BCUT2D eigenvalue weighted by Crippen LogP contribution is -2.43. The van der Waals surface area contributed by atoms with Crippen molar-refractivity contribution in [3.8, 4) is 0 Å². The van der Waals surface area contributed by atoms with Crippen molar-refractivity contribution >= 4 is 29.9 Å². The summed E-state index contributed by atoms with van der Waals surface area (Å²) in [6.45, 7) is 4.68. The van der Waals surface area contributed by atoms with E-state index in [4.69, 9.17) is 14.1 Å². The molecule has 1 N–H and O–H groups in total. The van der Waals surface area contributed by atoms with Crippen molar-refractivity contribution in [3.05, 3.63) is 24.2 Å². The van der Waals surface area contributed by atoms with Crippen LogP contribution in [0.15, 0.2) is 27.8 Å². The standard InChI is InChI=1S/C21H35N3O2.HI/c1-24(17-19-10-14-25-15-11-19)21(22-12-9-20-8-5-13-26-20)23-16-18-6-3-2-4-7-18;/h5,8,13,18-19H,2-4,6-7,9-12,14-17H2,1H3,(H,22,23);1H. The van der Waals surface area contributed by atoms with Crippen LogP contribution in [0.5, 0.6) is 0 Å². The molecule has 27 heavy (non-hydrogen) atoms. The zero-order valence-electron chi connectivity index (χ0n) is 16.7. The Kier molecular flexibility index (Phi) is 10.6. The second-order valence-corrected chi connectivity index (χ2v) is 7.86. The first kappa shape index (κ1) is 22.5. The topological polar surface area (TPSA) is 50.0 Å². The number of furan rings is 1. The van der Waals surface area contributed by atoms with E-state index < -0.39 is 0 Å². The monoisotopic (exact) mass is 489 g/mol. The van der Waals surface area contributed by atoms with Crippen LogP contribution < -0.4 is 5.32 Å². The molecule has 0 radical (unpaired) electrons. The van der Waals surface area contributed by atoms with E-state index in [1.54, 1.807) is 6.26 Å². The Morgan fingerprint density at radius 3 is 2.63 bits per heavy atom. The molecule has 1 aromatic rings. The van der Waals surface area contributed by atoms with Gasteiger partial charge in [0.15, 0.2) is 5.96 Å². The lowest BCUT2D eigenvalue weighted by Gasteiger charge is -2.30. The van der Waals surface area contributed by atoms with Gasteiger partial charge in [0.05, 0.1) is 6.26 Å². The van der Waals surface area contributed by atoms with Crippen LogP contribution in [0.3, 0.4) is 0 Å². The predicted octanol–water partition coefficient (Wildman–Crippen LogP) is 4.32. The summed E-state index contributed by atoms with van der Waals surface area (Å²) in [5, 5.41) is 3.57. The Bertz CT molecular complexity index is 524. The van der Waals surface area contributed by atoms with Gasteiger partial charge in [-0.3, -0.25) is 4.99 Å². The van der Waals surface area contributed by atoms with E-state index in [0.29, 0.717) is 5.92 Å². The number of guanidine groups is 1. The minimum absolute atomic E-state index is 0. The molecular weight excluding hydrogens is 453 g/mol. The zero-order valence-corrected chi connectivity index (χ0v) is 19.0. The van der Waals surface area contributed by atoms with Crippen LogP contribution >= 0.6 is 24.0 Å². The molecule has 6 heteroatoms. The second kappa shape index (κ2) is 12.6. The molecule has 0 bridgehead atoms. The largest absolute Gasteiger partial charge is 0.469 e. The molecule has 0 atom stereocenters. The molecule has 1 aliphatic heterocycles. The van der Waals surface area contributed by atoms with E-state index in [0.717, 1.165) is 69.7 Å². The summed E-state index contributed by atoms with van der Waals surface area (Å²) in [6.07, 6.45) is 11.8. The van der Waals surface area contributed by atoms with Crippen LogP contribution in [0.2, 0.25) is 0 Å². The number of nitrogens with one attached hydrogen (secondary N) is 1. The van der Waals surface area contributed by atoms with E-state index in [9.17, 15) is 0 Å². The molecule has 0 spiro atoms. The molecule has 0 amide bonds. The molecule has 5 nitrogen and oxygen atoms in total. The predicted molar refractivity (Wildman–Crippen MR) is 121 cm³/mol. The first-order chi connectivity index (χ1) is 12.8. The normalized spacial score (nSPS) is 19.5. The average Bonchev–Trinajstić information content (AvgIpc) is 3.19. The van der Waals surface area contributed by atoms with Crippen LogP contribution in [0.25, 0.3) is 0 Å². The van der Waals surface area contributed by atoms with Gasteiger partial charge in [-0.15, -0.1) is 24.0 Å². The van der Waals surface area contributed by atoms with Gasteiger partial charge in [-0.2, -0.15) is 0 Å². The van der Waals surface area contributed by atoms with Crippen molar-refractivity contribution in [3.63, 3.8) is 0 Å². The van der Waals surface area contributed by atoms with Gasteiger partial charge in [-0.25, -0.2) is 0 Å². The Morgan fingerprint density at radius 1 is 1.15 bits per heavy atom. The van der Waals surface area contributed by atoms with Crippen molar-refractivity contribution in [1.29, 1.82) is 0 Å². The molecular formula is C21H36IN3O2. The Hall–Kier alpha value is -0.760. The van der Waals surface area contributed by atoms with Crippen molar-refractivity contribution in [2.24, 2.45) is 16.8 Å². The van der Waals surface area contributed by atoms with Gasteiger partial charge >= 0.3 is 0 Å². The summed E-state index contributed by atoms with van der Waals surface area (Å²) in [5.74, 6) is 3.55. The third kappa shape index (κ3) is 8.02. The fraction of sp³-hybridized carbons (Fsp3) is 0.762. The highest BCUT2D eigenvalue weighted by Gasteiger charge is 2.19. The average molecular weight is 489 g/mol. The van der Waals surface area contributed by atoms with E-state index in [2.05, 4.69) is 17.3 Å². The van der Waals surface area contributed by atoms with Crippen LogP contribution in [0.1, 0.15) is 50.7 Å². The van der Waals surface area contributed by atoms with Crippen molar-refractivity contribution in [2.75, 3.05) is 39.9 Å². The third-order valence-electron chi connectivity index (χ3n) is 5.69. The number of hydrogen-bond donors (Lipinski definition) is 1. The minimum atomic E-state index is 0. The van der Waals surface area contributed by atoms with Crippen molar-refractivity contribution < 1.29 is 9.15 Å². The van der Waals surface area contributed by atoms with E-state index in [1.807, 2.05) is 12.1 Å². The second-order valence-electron chi connectivity index (χ2n) is 7.86. The van der Waals surface area contributed by atoms with E-state index in [-0.39, 0.29) is 24.0 Å². The first-order valence-corrected chi connectivity index (χ1v) is 10.4. The fourth-order valence-electron chi connectivity index (χ4n) is 4.05. The molecule has 2 aliphatic rings. The number of rotatable bonds is 7. The van der Waals surface area contributed by atoms with Crippen LogP contribution in [0, 0.1) is 11.8 Å². The molecule has 2 fully saturated rings. The first-order valence-electron chi connectivity index (χ1n) is 10.4. The fourth-order valence-corrected chi connectivity index (χ4v) is 4.05. The van der Waals surface area contributed by atoms with Gasteiger partial charge < -0.3 is 19.4 Å². The minimum Gasteiger partial charge on any atom is -0.469 e. The molecule has 1 aromatic heterocycles. The Morgan fingerprint density at radius 2 is 1.93 bits per heavy atom. The molecule has 154 valence electrons. The summed E-state index contributed by atoms with van der Waals surface area (Å²) in [6, 6.07) is 3.98. The molecule has 1 saturated carbocycles. The highest BCUT2D eigenvalue weighted by Crippen LogP contribution is 2.23. The number of aliphatic imine (C=N–C) groups is 1. The maximum absolute atomic E-state index is 5.50. The lowest BCUT2D eigenvalue weighted by molar-refractivity contribution is 0.0610. The Labute approximate surface area is 181 Å². The van der Waals surface area contributed by atoms with E-state index in [1.165, 1.54) is 32.1 Å². The zero-order chi connectivity index (χ0) is 18.0. The van der Waals surface area contributed by atoms with Gasteiger partial charge in [0.2, 0.25) is 0 Å². The van der Waals surface area contributed by atoms with Gasteiger partial charge in [0, 0.05) is 46.3 Å². The maximum atomic E-state index is 5.50. The van der Waals surface area contributed by atoms with Crippen LogP contribution in [-0.4, -0.2) is 50.8 Å².